The molecule has 6 heteroatoms. The molecule has 1 aromatic carbocycles. The van der Waals surface area contributed by atoms with E-state index < -0.39 is 0 Å². The second-order valence-electron chi connectivity index (χ2n) is 2.28. The SMILES string of the molecule is Cl/C=C\c1c(Cl)c(Cl)c(Cl)c(Cl)c1Cl. The van der Waals surface area contributed by atoms with Gasteiger partial charge in [-0.15, -0.1) is 0 Å². The van der Waals surface area contributed by atoms with E-state index in [1.165, 1.54) is 11.6 Å². The summed E-state index contributed by atoms with van der Waals surface area (Å²) in [5.41, 5.74) is 1.70. The molecule has 0 heterocycles. The van der Waals surface area contributed by atoms with Crippen molar-refractivity contribution in [1.29, 1.82) is 0 Å². The summed E-state index contributed by atoms with van der Waals surface area (Å²) in [5.74, 6) is 0. The third-order valence-corrected chi connectivity index (χ3v) is 3.91. The zero-order valence-corrected chi connectivity index (χ0v) is 11.0. The molecule has 1 rings (SSSR count). The maximum Gasteiger partial charge on any atom is 0.0809 e. The molecule has 0 spiro atoms. The molecule has 0 aromatic heterocycles. The fourth-order valence-corrected chi connectivity index (χ4v) is 2.24. The maximum absolute atomic E-state index is 5.89. The van der Waals surface area contributed by atoms with E-state index in [0.29, 0.717) is 5.56 Å². The van der Waals surface area contributed by atoms with E-state index in [2.05, 4.69) is 0 Å². The highest BCUT2D eigenvalue weighted by Gasteiger charge is 2.17. The van der Waals surface area contributed by atoms with Crippen LogP contribution in [-0.2, 0) is 0 Å². The fraction of sp³-hybridized carbons (Fsp3) is 0. The Morgan fingerprint density at radius 1 is 0.643 bits per heavy atom. The average molecular weight is 311 g/mol. The van der Waals surface area contributed by atoms with Crippen molar-refractivity contribution in [1.82, 2.24) is 0 Å². The van der Waals surface area contributed by atoms with E-state index in [-0.39, 0.29) is 25.1 Å². The van der Waals surface area contributed by atoms with Gasteiger partial charge >= 0.3 is 0 Å². The summed E-state index contributed by atoms with van der Waals surface area (Å²) in [7, 11) is 0. The van der Waals surface area contributed by atoms with Crippen LogP contribution in [0.4, 0.5) is 0 Å². The molecule has 0 saturated heterocycles. The summed E-state index contributed by atoms with van der Waals surface area (Å²) in [5, 5.41) is 0.904. The Morgan fingerprint density at radius 3 is 1.36 bits per heavy atom. The minimum Gasteiger partial charge on any atom is -0.0929 e. The van der Waals surface area contributed by atoms with Crippen LogP contribution >= 0.6 is 69.6 Å². The van der Waals surface area contributed by atoms with E-state index >= 15 is 0 Å². The van der Waals surface area contributed by atoms with Crippen molar-refractivity contribution in [3.8, 4) is 0 Å². The Hall–Kier alpha value is 0.700. The van der Waals surface area contributed by atoms with Crippen molar-refractivity contribution in [3.05, 3.63) is 36.2 Å². The summed E-state index contributed by atoms with van der Waals surface area (Å²) >= 11 is 34.6. The van der Waals surface area contributed by atoms with Gasteiger partial charge in [-0.2, -0.15) is 0 Å². The lowest BCUT2D eigenvalue weighted by atomic mass is 10.2. The van der Waals surface area contributed by atoms with Crippen LogP contribution < -0.4 is 0 Å². The predicted octanol–water partition coefficient (Wildman–Crippen LogP) is 6.16. The molecule has 0 bridgehead atoms. The van der Waals surface area contributed by atoms with E-state index in [1.807, 2.05) is 0 Å². The van der Waals surface area contributed by atoms with Gasteiger partial charge in [0.25, 0.3) is 0 Å². The van der Waals surface area contributed by atoms with Gasteiger partial charge in [0.1, 0.15) is 0 Å². The molecule has 0 saturated carbocycles. The highest BCUT2D eigenvalue weighted by molar-refractivity contribution is 6.55. The topological polar surface area (TPSA) is 0 Å². The maximum atomic E-state index is 5.89. The van der Waals surface area contributed by atoms with Gasteiger partial charge in [-0.3, -0.25) is 0 Å². The lowest BCUT2D eigenvalue weighted by molar-refractivity contribution is 1.65. The minimum absolute atomic E-state index is 0.134. The zero-order chi connectivity index (χ0) is 10.9. The summed E-state index contributed by atoms with van der Waals surface area (Å²) in [6.45, 7) is 0. The molecule has 0 aliphatic heterocycles. The van der Waals surface area contributed by atoms with Crippen LogP contribution in [0.5, 0.6) is 0 Å². The number of rotatable bonds is 1. The highest BCUT2D eigenvalue weighted by atomic mass is 35.5. The van der Waals surface area contributed by atoms with E-state index in [1.54, 1.807) is 0 Å². The molecule has 0 radical (unpaired) electrons. The minimum atomic E-state index is 0.134. The van der Waals surface area contributed by atoms with Crippen molar-refractivity contribution >= 4 is 75.7 Å². The summed E-state index contributed by atoms with van der Waals surface area (Å²) in [6.07, 6.45) is 1.49. The van der Waals surface area contributed by atoms with Crippen LogP contribution in [0, 0.1) is 0 Å². The molecule has 14 heavy (non-hydrogen) atoms. The van der Waals surface area contributed by atoms with Gasteiger partial charge < -0.3 is 0 Å². The van der Waals surface area contributed by atoms with Crippen LogP contribution in [0.1, 0.15) is 5.56 Å². The first kappa shape index (κ1) is 12.8. The van der Waals surface area contributed by atoms with Crippen LogP contribution in [0.2, 0.25) is 25.1 Å². The molecule has 0 aliphatic carbocycles. The molecule has 0 amide bonds. The van der Waals surface area contributed by atoms with Gasteiger partial charge in [-0.25, -0.2) is 0 Å². The summed E-state index contributed by atoms with van der Waals surface area (Å²) in [6, 6.07) is 0. The van der Waals surface area contributed by atoms with Crippen molar-refractivity contribution in [2.45, 2.75) is 0 Å². The molecular weight excluding hydrogens is 309 g/mol. The van der Waals surface area contributed by atoms with Gasteiger partial charge in [0.2, 0.25) is 0 Å². The molecule has 0 N–H and O–H groups in total. The Kier molecular flexibility index (Phi) is 4.70. The molecule has 0 fully saturated rings. The monoisotopic (exact) mass is 308 g/mol. The van der Waals surface area contributed by atoms with Crippen LogP contribution in [0.15, 0.2) is 5.54 Å². The normalized spacial score (nSPS) is 11.3. The number of benzene rings is 1. The molecular formula is C8H2Cl6. The van der Waals surface area contributed by atoms with Gasteiger partial charge in [-0.05, 0) is 6.08 Å². The van der Waals surface area contributed by atoms with Crippen LogP contribution in [0.25, 0.3) is 6.08 Å². The van der Waals surface area contributed by atoms with E-state index in [0.717, 1.165) is 0 Å². The van der Waals surface area contributed by atoms with Crippen molar-refractivity contribution < 1.29 is 0 Å². The first-order chi connectivity index (χ1) is 6.50. The smallest absolute Gasteiger partial charge is 0.0809 e. The molecule has 0 atom stereocenters. The van der Waals surface area contributed by atoms with Crippen molar-refractivity contribution in [2.24, 2.45) is 0 Å². The third-order valence-electron chi connectivity index (χ3n) is 1.47. The molecule has 0 nitrogen and oxygen atoms in total. The van der Waals surface area contributed by atoms with Crippen LogP contribution in [0.3, 0.4) is 0 Å². The lowest BCUT2D eigenvalue weighted by Crippen LogP contribution is -1.84. The van der Waals surface area contributed by atoms with Crippen molar-refractivity contribution in [3.63, 3.8) is 0 Å². The fourth-order valence-electron chi connectivity index (χ4n) is 0.831. The summed E-state index contributed by atoms with van der Waals surface area (Å²) in [4.78, 5) is 0. The second-order valence-corrected chi connectivity index (χ2v) is 4.42. The molecule has 0 unspecified atom stereocenters. The quantitative estimate of drug-likeness (QED) is 0.430. The lowest BCUT2D eigenvalue weighted by Gasteiger charge is -2.08. The number of hydrogen-bond acceptors (Lipinski definition) is 0. The molecule has 0 aliphatic rings. The Labute approximate surface area is 111 Å². The Bertz CT molecular complexity index is 366. The second kappa shape index (κ2) is 5.16. The highest BCUT2D eigenvalue weighted by Crippen LogP contribution is 2.44. The Balaban J connectivity index is 3.59. The number of halogens is 6. The third kappa shape index (κ3) is 2.27. The Morgan fingerprint density at radius 2 is 1.00 bits per heavy atom. The van der Waals surface area contributed by atoms with E-state index in [4.69, 9.17) is 69.6 Å². The van der Waals surface area contributed by atoms with Gasteiger partial charge in [0.05, 0.1) is 25.1 Å². The van der Waals surface area contributed by atoms with Gasteiger partial charge in [0.15, 0.2) is 0 Å². The van der Waals surface area contributed by atoms with Crippen LogP contribution in [-0.4, -0.2) is 0 Å². The first-order valence-corrected chi connectivity index (χ1v) is 5.61. The average Bonchev–Trinajstić information content (AvgIpc) is 2.19. The zero-order valence-electron chi connectivity index (χ0n) is 6.42. The molecule has 1 aromatic rings. The molecule has 76 valence electrons. The first-order valence-electron chi connectivity index (χ1n) is 3.29. The largest absolute Gasteiger partial charge is 0.0929 e. The standard InChI is InChI=1S/C8H2Cl6/c9-2-1-3-4(10)6(12)8(14)7(13)5(3)11/h1-2H/b2-1-. The van der Waals surface area contributed by atoms with E-state index in [9.17, 15) is 0 Å². The predicted molar refractivity (Wildman–Crippen MR) is 66.4 cm³/mol. The van der Waals surface area contributed by atoms with Crippen molar-refractivity contribution in [2.75, 3.05) is 0 Å². The number of hydrogen-bond donors (Lipinski definition) is 0. The summed E-state index contributed by atoms with van der Waals surface area (Å²) < 4.78 is 0. The van der Waals surface area contributed by atoms with Gasteiger partial charge in [0, 0.05) is 11.1 Å². The van der Waals surface area contributed by atoms with Gasteiger partial charge in [-0.1, -0.05) is 69.6 Å².